The Hall–Kier alpha value is -2.48. The molecule has 1 N–H and O–H groups in total. The van der Waals surface area contributed by atoms with Crippen LogP contribution in [-0.4, -0.2) is 57.9 Å². The van der Waals surface area contributed by atoms with Crippen LogP contribution < -0.4 is 5.48 Å². The molecule has 1 aliphatic heterocycles. The zero-order chi connectivity index (χ0) is 25.1. The second kappa shape index (κ2) is 10.0. The van der Waals surface area contributed by atoms with Crippen molar-refractivity contribution in [1.82, 2.24) is 9.79 Å². The fourth-order valence-corrected chi connectivity index (χ4v) is 6.57. The summed E-state index contributed by atoms with van der Waals surface area (Å²) >= 11 is 0. The van der Waals surface area contributed by atoms with Gasteiger partial charge in [-0.2, -0.15) is 13.2 Å². The van der Waals surface area contributed by atoms with Crippen LogP contribution in [0.1, 0.15) is 23.5 Å². The van der Waals surface area contributed by atoms with Crippen molar-refractivity contribution in [2.45, 2.75) is 35.2 Å². The molecular weight excluding hydrogens is 497 g/mol. The summed E-state index contributed by atoms with van der Waals surface area (Å²) < 4.78 is 89.2. The zero-order valence-electron chi connectivity index (χ0n) is 18.0. The lowest BCUT2D eigenvalue weighted by Crippen LogP contribution is -2.47. The van der Waals surface area contributed by atoms with E-state index in [1.807, 2.05) is 17.6 Å². The second-order valence-corrected chi connectivity index (χ2v) is 12.2. The largest absolute Gasteiger partial charge is 0.492 e. The van der Waals surface area contributed by atoms with Crippen LogP contribution in [0.15, 0.2) is 59.5 Å². The molecule has 0 bridgehead atoms. The van der Waals surface area contributed by atoms with Gasteiger partial charge < -0.3 is 4.84 Å². The van der Waals surface area contributed by atoms with Gasteiger partial charge in [0, 0.05) is 13.1 Å². The van der Waals surface area contributed by atoms with Crippen LogP contribution in [0, 0.1) is 0 Å². The maximum atomic E-state index is 13.4. The Labute approximate surface area is 195 Å². The molecule has 34 heavy (non-hydrogen) atoms. The van der Waals surface area contributed by atoms with E-state index in [9.17, 15) is 34.8 Å². The number of halogens is 3. The number of piperidine rings is 1. The number of rotatable bonds is 7. The summed E-state index contributed by atoms with van der Waals surface area (Å²) in [4.78, 5) is 14.6. The first-order chi connectivity index (χ1) is 15.8. The van der Waals surface area contributed by atoms with E-state index in [0.29, 0.717) is 0 Å². The highest BCUT2D eigenvalue weighted by molar-refractivity contribution is 7.92. The van der Waals surface area contributed by atoms with Gasteiger partial charge in [0.05, 0.1) is 22.9 Å². The topological polar surface area (TPSA) is 110 Å². The average Bonchev–Trinajstić information content (AvgIpc) is 2.78. The van der Waals surface area contributed by atoms with E-state index >= 15 is 0 Å². The third kappa shape index (κ3) is 6.34. The molecule has 1 aliphatic rings. The van der Waals surface area contributed by atoms with Crippen molar-refractivity contribution in [2.75, 3.05) is 19.3 Å². The molecule has 0 amide bonds. The molecule has 3 rings (SSSR count). The molecule has 13 heteroatoms. The van der Waals surface area contributed by atoms with Gasteiger partial charge in [0.25, 0.3) is 0 Å². The number of hydrogen-bond acceptors (Lipinski definition) is 7. The van der Waals surface area contributed by atoms with Crippen LogP contribution in [0.2, 0.25) is 0 Å². The lowest BCUT2D eigenvalue weighted by molar-refractivity contribution is -0.207. The molecule has 1 saturated heterocycles. The molecule has 1 fully saturated rings. The summed E-state index contributed by atoms with van der Waals surface area (Å²) in [7, 11) is -7.67. The van der Waals surface area contributed by atoms with Crippen molar-refractivity contribution in [3.63, 3.8) is 0 Å². The SMILES string of the molecule is CS(=O)(=O)N1C[C@@H](c2ccccc2)C[C@@H](S(=O)(=O)c2cccc(CNOC(=O)C(F)(F)F)c2)C1. The maximum Gasteiger partial charge on any atom is 0.492 e. The van der Waals surface area contributed by atoms with E-state index in [0.717, 1.165) is 16.1 Å². The summed E-state index contributed by atoms with van der Waals surface area (Å²) in [5, 5.41) is -1.03. The summed E-state index contributed by atoms with van der Waals surface area (Å²) in [6, 6.07) is 14.5. The molecule has 0 aromatic heterocycles. The predicted molar refractivity (Wildman–Crippen MR) is 117 cm³/mol. The van der Waals surface area contributed by atoms with Crippen LogP contribution in [0.25, 0.3) is 0 Å². The number of sulfonamides is 1. The van der Waals surface area contributed by atoms with E-state index < -0.39 is 37.3 Å². The summed E-state index contributed by atoms with van der Waals surface area (Å²) in [6.45, 7) is -0.419. The molecule has 1 heterocycles. The highest BCUT2D eigenvalue weighted by Gasteiger charge is 2.42. The maximum absolute atomic E-state index is 13.4. The van der Waals surface area contributed by atoms with Gasteiger partial charge in [-0.3, -0.25) is 0 Å². The summed E-state index contributed by atoms with van der Waals surface area (Å²) in [5.74, 6) is -2.76. The minimum Gasteiger partial charge on any atom is -0.363 e. The Bertz CT molecular complexity index is 1230. The molecule has 186 valence electrons. The van der Waals surface area contributed by atoms with Crippen molar-refractivity contribution >= 4 is 25.8 Å². The van der Waals surface area contributed by atoms with Gasteiger partial charge in [-0.25, -0.2) is 25.9 Å². The normalized spacial score (nSPS) is 20.1. The summed E-state index contributed by atoms with van der Waals surface area (Å²) in [6.07, 6.45) is -3.94. The Morgan fingerprint density at radius 3 is 2.35 bits per heavy atom. The van der Waals surface area contributed by atoms with E-state index in [-0.39, 0.29) is 42.4 Å². The van der Waals surface area contributed by atoms with Gasteiger partial charge in [0.15, 0.2) is 9.84 Å². The van der Waals surface area contributed by atoms with Crippen LogP contribution in [0.3, 0.4) is 0 Å². The third-order valence-corrected chi connectivity index (χ3v) is 8.82. The van der Waals surface area contributed by atoms with Gasteiger partial charge in [-0.15, -0.1) is 5.48 Å². The predicted octanol–water partition coefficient (Wildman–Crippen LogP) is 2.39. The number of sulfone groups is 1. The number of carbonyl (C=O) groups is 1. The van der Waals surface area contributed by atoms with Gasteiger partial charge in [0.2, 0.25) is 10.0 Å². The van der Waals surface area contributed by atoms with Gasteiger partial charge >= 0.3 is 12.1 Å². The molecule has 2 atom stereocenters. The Morgan fingerprint density at radius 2 is 1.74 bits per heavy atom. The zero-order valence-corrected chi connectivity index (χ0v) is 19.7. The monoisotopic (exact) mass is 520 g/mol. The van der Waals surface area contributed by atoms with Crippen molar-refractivity contribution in [3.8, 4) is 0 Å². The number of benzene rings is 2. The van der Waals surface area contributed by atoms with Crippen molar-refractivity contribution in [3.05, 3.63) is 65.7 Å². The second-order valence-electron chi connectivity index (χ2n) is 7.95. The minimum absolute atomic E-state index is 0.110. The van der Waals surface area contributed by atoms with E-state index in [1.54, 1.807) is 18.2 Å². The van der Waals surface area contributed by atoms with Crippen LogP contribution in [0.5, 0.6) is 0 Å². The van der Waals surface area contributed by atoms with Crippen molar-refractivity contribution in [1.29, 1.82) is 0 Å². The first-order valence-corrected chi connectivity index (χ1v) is 13.5. The number of carbonyl (C=O) groups excluding carboxylic acids is 1. The number of alkyl halides is 3. The molecule has 8 nitrogen and oxygen atoms in total. The standard InChI is InChI=1S/C21H23F3N2O6S2/c1-33(28,29)26-13-17(16-7-3-2-4-8-16)11-19(14-26)34(30,31)18-9-5-6-15(10-18)12-25-32-20(27)21(22,23)24/h2-10,17,19,25H,11-14H2,1H3/t17-,19+/m0/s1. The number of hydroxylamine groups is 1. The average molecular weight is 521 g/mol. The Kier molecular flexibility index (Phi) is 7.70. The van der Waals surface area contributed by atoms with Crippen molar-refractivity contribution < 1.29 is 39.6 Å². The van der Waals surface area contributed by atoms with Gasteiger partial charge in [-0.1, -0.05) is 42.5 Å². The minimum atomic E-state index is -5.17. The van der Waals surface area contributed by atoms with E-state index in [4.69, 9.17) is 0 Å². The van der Waals surface area contributed by atoms with Gasteiger partial charge in [-0.05, 0) is 35.6 Å². The first-order valence-electron chi connectivity index (χ1n) is 10.1. The number of hydrogen-bond donors (Lipinski definition) is 1. The molecule has 2 aromatic rings. The van der Waals surface area contributed by atoms with Crippen LogP contribution in [0.4, 0.5) is 13.2 Å². The lowest BCUT2D eigenvalue weighted by atomic mass is 9.91. The Morgan fingerprint density at radius 1 is 1.06 bits per heavy atom. The third-order valence-electron chi connectivity index (χ3n) is 5.46. The molecule has 2 aromatic carbocycles. The van der Waals surface area contributed by atoms with Crippen molar-refractivity contribution in [2.24, 2.45) is 0 Å². The van der Waals surface area contributed by atoms with E-state index in [2.05, 4.69) is 4.84 Å². The first kappa shape index (κ1) is 26.1. The highest BCUT2D eigenvalue weighted by atomic mass is 32.2. The quantitative estimate of drug-likeness (QED) is 0.559. The molecule has 0 aliphatic carbocycles. The van der Waals surface area contributed by atoms with E-state index in [1.165, 1.54) is 24.3 Å². The molecule has 0 radical (unpaired) electrons. The fraction of sp³-hybridized carbons (Fsp3) is 0.381. The van der Waals surface area contributed by atoms with Crippen LogP contribution >= 0.6 is 0 Å². The van der Waals surface area contributed by atoms with Crippen LogP contribution in [-0.2, 0) is 36.0 Å². The number of nitrogens with one attached hydrogen (secondary N) is 1. The number of nitrogens with zero attached hydrogens (tertiary/aromatic N) is 1. The molecular formula is C21H23F3N2O6S2. The molecule has 0 spiro atoms. The highest BCUT2D eigenvalue weighted by Crippen LogP contribution is 2.33. The summed E-state index contributed by atoms with van der Waals surface area (Å²) in [5.41, 5.74) is 2.95. The lowest BCUT2D eigenvalue weighted by Gasteiger charge is -2.36. The smallest absolute Gasteiger partial charge is 0.363 e. The molecule has 0 saturated carbocycles. The fourth-order valence-electron chi connectivity index (χ4n) is 3.74. The van der Waals surface area contributed by atoms with Gasteiger partial charge in [0.1, 0.15) is 0 Å². The molecule has 0 unspecified atom stereocenters. The Balaban J connectivity index is 1.82.